The van der Waals surface area contributed by atoms with Gasteiger partial charge in [0.2, 0.25) is 11.7 Å². The van der Waals surface area contributed by atoms with Gasteiger partial charge in [-0.2, -0.15) is 9.98 Å². The summed E-state index contributed by atoms with van der Waals surface area (Å²) in [6.07, 6.45) is 3.42. The third-order valence-corrected chi connectivity index (χ3v) is 6.69. The number of carbonyl (C=O) groups excluding carboxylic acids is 1. The Morgan fingerprint density at radius 2 is 1.98 bits per heavy atom. The van der Waals surface area contributed by atoms with E-state index in [1.54, 1.807) is 37.4 Å². The number of carbonyl (C=O) groups is 1. The van der Waals surface area contributed by atoms with Crippen LogP contribution < -0.4 is 9.47 Å². The fraction of sp³-hybridized carbons (Fsp3) is 0.414. The fourth-order valence-electron chi connectivity index (χ4n) is 4.05. The summed E-state index contributed by atoms with van der Waals surface area (Å²) in [4.78, 5) is 25.0. The molecule has 1 unspecified atom stereocenters. The van der Waals surface area contributed by atoms with Gasteiger partial charge in [-0.3, -0.25) is 0 Å². The second-order valence-corrected chi connectivity index (χ2v) is 9.76. The number of rotatable bonds is 11. The van der Waals surface area contributed by atoms with Crippen LogP contribution in [0.5, 0.6) is 11.5 Å². The van der Waals surface area contributed by atoms with E-state index >= 15 is 4.39 Å². The number of methoxy groups -OCH3 is 1. The molecule has 2 heterocycles. The topological polar surface area (TPSA) is 127 Å². The molecular weight excluding hydrogens is 567 g/mol. The van der Waals surface area contributed by atoms with Gasteiger partial charge in [0.15, 0.2) is 17.9 Å². The van der Waals surface area contributed by atoms with Gasteiger partial charge < -0.3 is 28.2 Å². The monoisotopic (exact) mass is 600 g/mol. The maximum atomic E-state index is 16.1. The summed E-state index contributed by atoms with van der Waals surface area (Å²) in [7, 11) is 1.21. The van der Waals surface area contributed by atoms with E-state index < -0.39 is 11.9 Å². The van der Waals surface area contributed by atoms with Gasteiger partial charge in [-0.05, 0) is 62.8 Å². The third-order valence-electron chi connectivity index (χ3n) is 6.02. The Bertz CT molecular complexity index is 1410. The van der Waals surface area contributed by atoms with Crippen molar-refractivity contribution in [3.8, 4) is 22.9 Å². The molecule has 1 saturated heterocycles. The first-order chi connectivity index (χ1) is 20.4. The molecule has 0 saturated carbocycles. The van der Waals surface area contributed by atoms with Crippen molar-refractivity contribution in [1.82, 2.24) is 10.1 Å². The van der Waals surface area contributed by atoms with Crippen molar-refractivity contribution >= 4 is 34.3 Å². The Hall–Kier alpha value is -3.81. The van der Waals surface area contributed by atoms with Crippen molar-refractivity contribution in [2.75, 3.05) is 39.8 Å². The average molecular weight is 601 g/mol. The number of aliphatic imine (C=N–C) groups is 2. The summed E-state index contributed by atoms with van der Waals surface area (Å²) < 4.78 is 48.7. The number of ether oxygens (including phenoxy) is 5. The molecule has 1 atom stereocenters. The number of benzene rings is 2. The van der Waals surface area contributed by atoms with Gasteiger partial charge in [0.1, 0.15) is 23.1 Å². The Morgan fingerprint density at radius 3 is 2.62 bits per heavy atom. The first kappa shape index (κ1) is 31.1. The largest absolute Gasteiger partial charge is 0.494 e. The van der Waals surface area contributed by atoms with E-state index in [0.717, 1.165) is 31.0 Å². The van der Waals surface area contributed by atoms with Crippen LogP contribution in [-0.2, 0) is 14.2 Å². The molecule has 0 bridgehead atoms. The minimum Gasteiger partial charge on any atom is -0.494 e. The van der Waals surface area contributed by atoms with Gasteiger partial charge in [0, 0.05) is 30.7 Å². The van der Waals surface area contributed by atoms with Crippen LogP contribution in [0.3, 0.4) is 0 Å². The van der Waals surface area contributed by atoms with Crippen LogP contribution in [0.1, 0.15) is 37.6 Å². The number of hydrogen-bond donors (Lipinski definition) is 0. The molecule has 1 aliphatic heterocycles. The van der Waals surface area contributed by atoms with Crippen molar-refractivity contribution in [2.24, 2.45) is 9.98 Å². The molecule has 2 aromatic carbocycles. The zero-order valence-corrected chi connectivity index (χ0v) is 24.7. The van der Waals surface area contributed by atoms with Gasteiger partial charge in [-0.1, -0.05) is 5.16 Å². The first-order valence-electron chi connectivity index (χ1n) is 13.4. The number of aryl methyl sites for hydroxylation is 1. The number of nitrogens with zero attached hydrogens (tertiary/aromatic N) is 4. The summed E-state index contributed by atoms with van der Waals surface area (Å²) in [5.41, 5.74) is 1.29. The van der Waals surface area contributed by atoms with Gasteiger partial charge >= 0.3 is 6.09 Å². The van der Waals surface area contributed by atoms with Gasteiger partial charge in [0.05, 0.1) is 26.0 Å². The predicted octanol–water partition coefficient (Wildman–Crippen LogP) is 6.15. The van der Waals surface area contributed by atoms with E-state index in [-0.39, 0.29) is 41.6 Å². The molecule has 4 rings (SSSR count). The molecule has 11 nitrogen and oxygen atoms in total. The molecule has 13 heteroatoms. The Balaban J connectivity index is 1.69. The molecule has 1 fully saturated rings. The van der Waals surface area contributed by atoms with Crippen LogP contribution in [0.2, 0.25) is 0 Å². The highest BCUT2D eigenvalue weighted by Gasteiger charge is 2.23. The second-order valence-electron chi connectivity index (χ2n) is 8.97. The SMILES string of the molecule is CCOc1cc(OCCOC2CCCCO2)c(F)c(C(=Nc2ccc(-c3noc(C)n3)cc2)C(=NC(=O)OC)SC)c1. The van der Waals surface area contributed by atoms with Crippen LogP contribution >= 0.6 is 11.8 Å². The van der Waals surface area contributed by atoms with Gasteiger partial charge in [0.25, 0.3) is 0 Å². The summed E-state index contributed by atoms with van der Waals surface area (Å²) in [6, 6.07) is 9.90. The van der Waals surface area contributed by atoms with Gasteiger partial charge in [-0.25, -0.2) is 14.2 Å². The van der Waals surface area contributed by atoms with E-state index in [4.69, 9.17) is 28.2 Å². The number of aromatic nitrogens is 2. The molecular formula is C29H33FN4O7S. The smallest absolute Gasteiger partial charge is 0.434 e. The summed E-state index contributed by atoms with van der Waals surface area (Å²) in [6.45, 7) is 4.81. The highest BCUT2D eigenvalue weighted by molar-refractivity contribution is 8.15. The fourth-order valence-corrected chi connectivity index (χ4v) is 4.57. The summed E-state index contributed by atoms with van der Waals surface area (Å²) in [5, 5.41) is 4.06. The molecule has 0 N–H and O–H groups in total. The Morgan fingerprint density at radius 1 is 1.17 bits per heavy atom. The lowest BCUT2D eigenvalue weighted by Crippen LogP contribution is -2.24. The second kappa shape index (κ2) is 15.4. The number of thioether (sulfide) groups is 1. The number of amides is 1. The molecule has 0 aliphatic carbocycles. The number of hydrogen-bond acceptors (Lipinski definition) is 11. The molecule has 0 spiro atoms. The molecule has 224 valence electrons. The molecule has 1 amide bonds. The lowest BCUT2D eigenvalue weighted by molar-refractivity contribution is -0.165. The standard InChI is InChI=1S/C29H33FN4O7S/c1-5-37-21-16-22(25(30)23(17-21)38-14-15-40-24-8-6-7-13-39-24)26(28(42-4)33-29(35)36-3)32-20-11-9-19(10-12-20)27-31-18(2)41-34-27/h9-12,16-17,24H,5-8,13-15H2,1-4H3. The van der Waals surface area contributed by atoms with Gasteiger partial charge in [-0.15, -0.1) is 11.8 Å². The Kier molecular flexibility index (Phi) is 11.4. The van der Waals surface area contributed by atoms with E-state index in [0.29, 0.717) is 41.9 Å². The van der Waals surface area contributed by atoms with Crippen LogP contribution in [0.15, 0.2) is 50.9 Å². The third kappa shape index (κ3) is 8.37. The molecule has 1 aliphatic rings. The van der Waals surface area contributed by atoms with E-state index in [1.165, 1.54) is 19.2 Å². The molecule has 1 aromatic heterocycles. The highest BCUT2D eigenvalue weighted by atomic mass is 32.2. The van der Waals surface area contributed by atoms with Crippen molar-refractivity contribution in [3.05, 3.63) is 53.7 Å². The van der Waals surface area contributed by atoms with Crippen molar-refractivity contribution < 1.29 is 37.4 Å². The predicted molar refractivity (Wildman–Crippen MR) is 157 cm³/mol. The van der Waals surface area contributed by atoms with Crippen LogP contribution in [0.25, 0.3) is 11.4 Å². The van der Waals surface area contributed by atoms with Crippen molar-refractivity contribution in [1.29, 1.82) is 0 Å². The zero-order chi connectivity index (χ0) is 29.9. The first-order valence-corrected chi connectivity index (χ1v) is 14.7. The molecule has 0 radical (unpaired) electrons. The van der Waals surface area contributed by atoms with Crippen LogP contribution in [-0.4, -0.2) is 73.1 Å². The average Bonchev–Trinajstić information content (AvgIpc) is 3.45. The summed E-state index contributed by atoms with van der Waals surface area (Å²) in [5.74, 6) is 0.468. The lowest BCUT2D eigenvalue weighted by atomic mass is 10.1. The van der Waals surface area contributed by atoms with Crippen LogP contribution in [0.4, 0.5) is 14.9 Å². The zero-order valence-electron chi connectivity index (χ0n) is 23.9. The molecule has 42 heavy (non-hydrogen) atoms. The Labute approximate surface area is 247 Å². The lowest BCUT2D eigenvalue weighted by Gasteiger charge is -2.22. The maximum absolute atomic E-state index is 16.1. The van der Waals surface area contributed by atoms with Crippen molar-refractivity contribution in [3.63, 3.8) is 0 Å². The van der Waals surface area contributed by atoms with Crippen molar-refractivity contribution in [2.45, 2.75) is 39.4 Å². The minimum atomic E-state index is -0.852. The normalized spacial score (nSPS) is 15.9. The highest BCUT2D eigenvalue weighted by Crippen LogP contribution is 2.31. The van der Waals surface area contributed by atoms with Crippen LogP contribution in [0, 0.1) is 12.7 Å². The molecule has 3 aromatic rings. The summed E-state index contributed by atoms with van der Waals surface area (Å²) >= 11 is 1.11. The van der Waals surface area contributed by atoms with E-state index in [9.17, 15) is 4.79 Å². The maximum Gasteiger partial charge on any atom is 0.434 e. The number of halogens is 1. The minimum absolute atomic E-state index is 0.0300. The van der Waals surface area contributed by atoms with E-state index in [2.05, 4.69) is 20.1 Å². The van der Waals surface area contributed by atoms with E-state index in [1.807, 2.05) is 6.92 Å². The quantitative estimate of drug-likeness (QED) is 0.144.